The van der Waals surface area contributed by atoms with E-state index in [2.05, 4.69) is 33.9 Å². The zero-order valence-corrected chi connectivity index (χ0v) is 15.0. The maximum Gasteiger partial charge on any atom is 0.260 e. The number of carbonyl (C=O) groups is 1. The molecule has 1 fully saturated rings. The van der Waals surface area contributed by atoms with Crippen molar-refractivity contribution < 1.29 is 9.53 Å². The molecule has 1 amide bonds. The SMILES string of the molecule is Cc1cc(C)c(OCC(=O)N2CCN(c3cnccn3)CC2)c(C)c1. The Bertz CT molecular complexity index is 717. The van der Waals surface area contributed by atoms with Crippen LogP contribution in [0, 0.1) is 20.8 Å². The summed E-state index contributed by atoms with van der Waals surface area (Å²) in [5.74, 6) is 1.70. The number of piperazine rings is 1. The number of amides is 1. The fraction of sp³-hybridized carbons (Fsp3) is 0.421. The van der Waals surface area contributed by atoms with E-state index in [0.29, 0.717) is 13.1 Å². The summed E-state index contributed by atoms with van der Waals surface area (Å²) < 4.78 is 5.82. The van der Waals surface area contributed by atoms with E-state index < -0.39 is 0 Å². The largest absolute Gasteiger partial charge is 0.483 e. The fourth-order valence-electron chi connectivity index (χ4n) is 3.26. The first-order valence-corrected chi connectivity index (χ1v) is 8.54. The summed E-state index contributed by atoms with van der Waals surface area (Å²) in [6.07, 6.45) is 5.10. The average Bonchev–Trinajstić information content (AvgIpc) is 2.61. The number of anilines is 1. The van der Waals surface area contributed by atoms with Crippen LogP contribution in [0.3, 0.4) is 0 Å². The van der Waals surface area contributed by atoms with Gasteiger partial charge in [-0.25, -0.2) is 4.98 Å². The fourth-order valence-corrected chi connectivity index (χ4v) is 3.26. The maximum atomic E-state index is 12.5. The predicted octanol–water partition coefficient (Wildman–Crippen LogP) is 2.13. The van der Waals surface area contributed by atoms with Crippen molar-refractivity contribution in [3.63, 3.8) is 0 Å². The lowest BCUT2D eigenvalue weighted by Gasteiger charge is -2.35. The Kier molecular flexibility index (Phi) is 5.16. The molecule has 1 aromatic carbocycles. The third kappa shape index (κ3) is 4.07. The van der Waals surface area contributed by atoms with Crippen molar-refractivity contribution in [1.29, 1.82) is 0 Å². The Balaban J connectivity index is 1.53. The average molecular weight is 340 g/mol. The summed E-state index contributed by atoms with van der Waals surface area (Å²) >= 11 is 0. The number of ether oxygens (including phenoxy) is 1. The van der Waals surface area contributed by atoms with Crippen molar-refractivity contribution in [3.8, 4) is 5.75 Å². The molecule has 0 spiro atoms. The lowest BCUT2D eigenvalue weighted by atomic mass is 10.1. The molecule has 2 heterocycles. The molecule has 132 valence electrons. The summed E-state index contributed by atoms with van der Waals surface area (Å²) in [5, 5.41) is 0. The summed E-state index contributed by atoms with van der Waals surface area (Å²) in [5.41, 5.74) is 3.34. The summed E-state index contributed by atoms with van der Waals surface area (Å²) in [6.45, 7) is 9.02. The number of benzene rings is 1. The van der Waals surface area contributed by atoms with Crippen LogP contribution in [0.2, 0.25) is 0 Å². The minimum atomic E-state index is 0.0261. The number of nitrogens with zero attached hydrogens (tertiary/aromatic N) is 4. The molecule has 6 nitrogen and oxygen atoms in total. The van der Waals surface area contributed by atoms with Crippen LogP contribution in [0.1, 0.15) is 16.7 Å². The maximum absolute atomic E-state index is 12.5. The molecule has 1 saturated heterocycles. The minimum absolute atomic E-state index is 0.0261. The Morgan fingerprint density at radius 2 is 1.76 bits per heavy atom. The van der Waals surface area contributed by atoms with Crippen LogP contribution in [0.25, 0.3) is 0 Å². The second kappa shape index (κ2) is 7.51. The third-order valence-corrected chi connectivity index (χ3v) is 4.45. The number of hydrogen-bond donors (Lipinski definition) is 0. The Hall–Kier alpha value is -2.63. The van der Waals surface area contributed by atoms with E-state index in [1.54, 1.807) is 18.6 Å². The zero-order valence-electron chi connectivity index (χ0n) is 15.0. The molecule has 0 radical (unpaired) electrons. The quantitative estimate of drug-likeness (QED) is 0.853. The second-order valence-corrected chi connectivity index (χ2v) is 6.45. The standard InChI is InChI=1S/C19H24N4O2/c1-14-10-15(2)19(16(3)11-14)25-13-18(24)23-8-6-22(7-9-23)17-12-20-4-5-21-17/h4-5,10-12H,6-9,13H2,1-3H3. The normalized spacial score (nSPS) is 14.5. The first-order valence-electron chi connectivity index (χ1n) is 8.54. The Morgan fingerprint density at radius 1 is 1.08 bits per heavy atom. The molecule has 6 heteroatoms. The lowest BCUT2D eigenvalue weighted by Crippen LogP contribution is -2.50. The highest BCUT2D eigenvalue weighted by atomic mass is 16.5. The number of hydrogen-bond acceptors (Lipinski definition) is 5. The molecule has 0 aliphatic carbocycles. The van der Waals surface area contributed by atoms with Crippen LogP contribution in [0.5, 0.6) is 5.75 Å². The monoisotopic (exact) mass is 340 g/mol. The first-order chi connectivity index (χ1) is 12.0. The van der Waals surface area contributed by atoms with Gasteiger partial charge < -0.3 is 14.5 Å². The van der Waals surface area contributed by atoms with Crippen LogP contribution < -0.4 is 9.64 Å². The van der Waals surface area contributed by atoms with Crippen molar-refractivity contribution in [2.75, 3.05) is 37.7 Å². The lowest BCUT2D eigenvalue weighted by molar-refractivity contribution is -0.133. The van der Waals surface area contributed by atoms with Crippen molar-refractivity contribution in [1.82, 2.24) is 14.9 Å². The molecular weight excluding hydrogens is 316 g/mol. The van der Waals surface area contributed by atoms with Gasteiger partial charge in [-0.2, -0.15) is 0 Å². The van der Waals surface area contributed by atoms with Crippen LogP contribution in [0.15, 0.2) is 30.7 Å². The number of aryl methyl sites for hydroxylation is 3. The van der Waals surface area contributed by atoms with Gasteiger partial charge in [-0.15, -0.1) is 0 Å². The molecule has 0 unspecified atom stereocenters. The van der Waals surface area contributed by atoms with Crippen LogP contribution >= 0.6 is 0 Å². The van der Waals surface area contributed by atoms with E-state index in [0.717, 1.165) is 35.8 Å². The third-order valence-electron chi connectivity index (χ3n) is 4.45. The molecule has 2 aromatic rings. The first kappa shape index (κ1) is 17.2. The van der Waals surface area contributed by atoms with Crippen molar-refractivity contribution in [3.05, 3.63) is 47.4 Å². The van der Waals surface area contributed by atoms with Crippen LogP contribution in [-0.4, -0.2) is 53.6 Å². The Labute approximate surface area is 148 Å². The van der Waals surface area contributed by atoms with Crippen LogP contribution in [-0.2, 0) is 4.79 Å². The number of aromatic nitrogens is 2. The summed E-state index contributed by atoms with van der Waals surface area (Å²) in [6, 6.07) is 4.15. The summed E-state index contributed by atoms with van der Waals surface area (Å²) in [4.78, 5) is 24.9. The molecule has 1 aromatic heterocycles. The highest BCUT2D eigenvalue weighted by molar-refractivity contribution is 5.78. The van der Waals surface area contributed by atoms with Crippen LogP contribution in [0.4, 0.5) is 5.82 Å². The van der Waals surface area contributed by atoms with Gasteiger partial charge in [-0.1, -0.05) is 17.7 Å². The Morgan fingerprint density at radius 3 is 2.36 bits per heavy atom. The summed E-state index contributed by atoms with van der Waals surface area (Å²) in [7, 11) is 0. The van der Waals surface area contributed by atoms with Gasteiger partial charge in [-0.3, -0.25) is 9.78 Å². The van der Waals surface area contributed by atoms with Gasteiger partial charge in [0.05, 0.1) is 6.20 Å². The zero-order chi connectivity index (χ0) is 17.8. The van der Waals surface area contributed by atoms with Crippen molar-refractivity contribution in [2.45, 2.75) is 20.8 Å². The second-order valence-electron chi connectivity index (χ2n) is 6.45. The van der Waals surface area contributed by atoms with Gasteiger partial charge in [-0.05, 0) is 31.9 Å². The van der Waals surface area contributed by atoms with Gasteiger partial charge in [0.15, 0.2) is 6.61 Å². The molecular formula is C19H24N4O2. The van der Waals surface area contributed by atoms with Crippen molar-refractivity contribution in [2.24, 2.45) is 0 Å². The minimum Gasteiger partial charge on any atom is -0.483 e. The van der Waals surface area contributed by atoms with E-state index in [1.165, 1.54) is 5.56 Å². The predicted molar refractivity (Wildman–Crippen MR) is 97.0 cm³/mol. The molecule has 1 aliphatic heterocycles. The van der Waals surface area contributed by atoms with E-state index in [9.17, 15) is 4.79 Å². The van der Waals surface area contributed by atoms with E-state index in [-0.39, 0.29) is 12.5 Å². The molecule has 3 rings (SSSR count). The molecule has 0 N–H and O–H groups in total. The smallest absolute Gasteiger partial charge is 0.260 e. The molecule has 0 saturated carbocycles. The van der Waals surface area contributed by atoms with Gasteiger partial charge in [0.1, 0.15) is 11.6 Å². The van der Waals surface area contributed by atoms with Gasteiger partial charge in [0, 0.05) is 38.6 Å². The highest BCUT2D eigenvalue weighted by Gasteiger charge is 2.22. The highest BCUT2D eigenvalue weighted by Crippen LogP contribution is 2.24. The van der Waals surface area contributed by atoms with E-state index in [4.69, 9.17) is 4.74 Å². The molecule has 1 aliphatic rings. The van der Waals surface area contributed by atoms with E-state index >= 15 is 0 Å². The number of carbonyl (C=O) groups excluding carboxylic acids is 1. The topological polar surface area (TPSA) is 58.6 Å². The van der Waals surface area contributed by atoms with Gasteiger partial charge in [0.25, 0.3) is 5.91 Å². The van der Waals surface area contributed by atoms with Gasteiger partial charge in [0.2, 0.25) is 0 Å². The van der Waals surface area contributed by atoms with Gasteiger partial charge >= 0.3 is 0 Å². The van der Waals surface area contributed by atoms with Crippen molar-refractivity contribution >= 4 is 11.7 Å². The number of rotatable bonds is 4. The van der Waals surface area contributed by atoms with E-state index in [1.807, 2.05) is 18.7 Å². The molecule has 0 bridgehead atoms. The molecule has 0 atom stereocenters. The molecule has 25 heavy (non-hydrogen) atoms.